The maximum atomic E-state index is 3.99. The molecular weight excluding hydrogens is 518 g/mol. The fourth-order valence-corrected chi connectivity index (χ4v) is 7.46. The summed E-state index contributed by atoms with van der Waals surface area (Å²) in [5.74, 6) is 0. The predicted molar refractivity (Wildman–Crippen MR) is 173 cm³/mol. The van der Waals surface area contributed by atoms with Crippen LogP contribution in [0.15, 0.2) is 163 Å². The molecule has 0 bridgehead atoms. The Morgan fingerprint density at radius 3 is 1.44 bits per heavy atom. The number of hydrogen-bond donors (Lipinski definition) is 1. The van der Waals surface area contributed by atoms with Crippen LogP contribution in [0.1, 0.15) is 0 Å². The average molecular weight is 546 g/mol. The van der Waals surface area contributed by atoms with Crippen LogP contribution in [0, 0.1) is 0 Å². The molecule has 196 valence electrons. The second kappa shape index (κ2) is 9.61. The summed E-state index contributed by atoms with van der Waals surface area (Å²) in [5.41, 5.74) is 10.5. The van der Waals surface area contributed by atoms with E-state index in [1.165, 1.54) is 27.1 Å². The Labute approximate surface area is 244 Å². The molecule has 0 atom stereocenters. The smallest absolute Gasteiger partial charge is 0.254 e. The lowest BCUT2D eigenvalue weighted by Crippen LogP contribution is -2.55. The second-order valence-corrected chi connectivity index (χ2v) is 11.5. The van der Waals surface area contributed by atoms with E-state index in [4.69, 9.17) is 0 Å². The number of anilines is 5. The molecule has 0 amide bonds. The summed E-state index contributed by atoms with van der Waals surface area (Å²) in [6.45, 7) is 0. The van der Waals surface area contributed by atoms with Gasteiger partial charge in [-0.2, -0.15) is 0 Å². The standard InChI is InChI=1S/C37H27N3S/c1-3-13-27(14-4-1)29-17-11-19-31(25-29)39-34-22-8-9-23-35(34)40(37(39)38-33-21-7-10-24-36(33)41-37)32-20-12-18-30(26-32)28-15-5-2-6-16-28/h1-26,38H. The lowest BCUT2D eigenvalue weighted by Gasteiger charge is -2.42. The number of hydrogen-bond acceptors (Lipinski definition) is 4. The highest BCUT2D eigenvalue weighted by molar-refractivity contribution is 8.01. The Bertz CT molecular complexity index is 1730. The van der Waals surface area contributed by atoms with E-state index >= 15 is 0 Å². The highest BCUT2D eigenvalue weighted by atomic mass is 32.2. The molecule has 0 aromatic heterocycles. The molecule has 1 N–H and O–H groups in total. The van der Waals surface area contributed by atoms with Gasteiger partial charge in [0, 0.05) is 16.3 Å². The van der Waals surface area contributed by atoms with Crippen LogP contribution < -0.4 is 15.1 Å². The number of rotatable bonds is 4. The first kappa shape index (κ1) is 23.9. The monoisotopic (exact) mass is 545 g/mol. The van der Waals surface area contributed by atoms with Crippen molar-refractivity contribution in [2.75, 3.05) is 15.1 Å². The van der Waals surface area contributed by atoms with E-state index < -0.39 is 5.12 Å². The summed E-state index contributed by atoms with van der Waals surface area (Å²) in [6.07, 6.45) is 0. The van der Waals surface area contributed by atoms with Gasteiger partial charge in [-0.15, -0.1) is 0 Å². The van der Waals surface area contributed by atoms with Gasteiger partial charge in [0.15, 0.2) is 0 Å². The second-order valence-electron chi connectivity index (χ2n) is 10.3. The topological polar surface area (TPSA) is 18.5 Å². The Kier molecular flexibility index (Phi) is 5.61. The summed E-state index contributed by atoms with van der Waals surface area (Å²) in [4.78, 5) is 6.16. The van der Waals surface area contributed by atoms with Gasteiger partial charge in [0.2, 0.25) is 0 Å². The fourth-order valence-electron chi connectivity index (χ4n) is 6.02. The first-order valence-corrected chi connectivity index (χ1v) is 14.7. The maximum Gasteiger partial charge on any atom is 0.254 e. The zero-order valence-corrected chi connectivity index (χ0v) is 23.1. The molecule has 3 nitrogen and oxygen atoms in total. The van der Waals surface area contributed by atoms with Crippen LogP contribution in [-0.4, -0.2) is 5.12 Å². The van der Waals surface area contributed by atoms with Crippen molar-refractivity contribution >= 4 is 40.2 Å². The van der Waals surface area contributed by atoms with Crippen molar-refractivity contribution in [3.63, 3.8) is 0 Å². The van der Waals surface area contributed by atoms with Crippen molar-refractivity contribution in [3.05, 3.63) is 158 Å². The van der Waals surface area contributed by atoms with E-state index in [0.29, 0.717) is 0 Å². The highest BCUT2D eigenvalue weighted by Gasteiger charge is 2.55. The van der Waals surface area contributed by atoms with Gasteiger partial charge in [-0.05, 0) is 82.5 Å². The van der Waals surface area contributed by atoms with Gasteiger partial charge in [0.05, 0.1) is 17.1 Å². The van der Waals surface area contributed by atoms with Crippen LogP contribution in [0.5, 0.6) is 0 Å². The quantitative estimate of drug-likeness (QED) is 0.237. The number of thioether (sulfide) groups is 1. The third-order valence-electron chi connectivity index (χ3n) is 7.83. The minimum absolute atomic E-state index is 0.641. The molecule has 0 saturated heterocycles. The molecule has 0 radical (unpaired) electrons. The van der Waals surface area contributed by atoms with Crippen molar-refractivity contribution in [2.45, 2.75) is 10.0 Å². The van der Waals surface area contributed by atoms with Crippen LogP contribution in [0.2, 0.25) is 0 Å². The summed E-state index contributed by atoms with van der Waals surface area (Å²) in [5, 5.41) is 3.35. The van der Waals surface area contributed by atoms with Crippen LogP contribution in [0.3, 0.4) is 0 Å². The molecule has 8 rings (SSSR count). The SMILES string of the molecule is c1ccc(-c2cccc(N3c4ccccc4N(c4cccc(-c5ccccc5)c4)C34Nc3ccccc3S4)c2)cc1. The zero-order chi connectivity index (χ0) is 27.2. The van der Waals surface area contributed by atoms with Crippen LogP contribution in [0.25, 0.3) is 22.3 Å². The summed E-state index contributed by atoms with van der Waals surface area (Å²) in [6, 6.07) is 56.4. The summed E-state index contributed by atoms with van der Waals surface area (Å²) in [7, 11) is 0. The number of nitrogens with zero attached hydrogens (tertiary/aromatic N) is 2. The number of fused-ring (bicyclic) bond motifs is 2. The highest BCUT2D eigenvalue weighted by Crippen LogP contribution is 2.62. The van der Waals surface area contributed by atoms with Gasteiger partial charge in [-0.3, -0.25) is 9.80 Å². The summed E-state index contributed by atoms with van der Waals surface area (Å²) >= 11 is 1.85. The van der Waals surface area contributed by atoms with Gasteiger partial charge < -0.3 is 5.32 Å². The van der Waals surface area contributed by atoms with Crippen molar-refractivity contribution in [1.29, 1.82) is 0 Å². The third-order valence-corrected chi connectivity index (χ3v) is 9.16. The van der Waals surface area contributed by atoms with Crippen molar-refractivity contribution in [2.24, 2.45) is 0 Å². The van der Waals surface area contributed by atoms with Crippen molar-refractivity contribution in [1.82, 2.24) is 0 Å². The zero-order valence-electron chi connectivity index (χ0n) is 22.3. The van der Waals surface area contributed by atoms with Crippen LogP contribution >= 0.6 is 11.8 Å². The number of benzene rings is 6. The largest absolute Gasteiger partial charge is 0.335 e. The Morgan fingerprint density at radius 2 is 0.902 bits per heavy atom. The molecule has 2 aliphatic rings. The molecule has 2 heterocycles. The van der Waals surface area contributed by atoms with Gasteiger partial charge >= 0.3 is 0 Å². The minimum atomic E-state index is -0.641. The molecule has 1 spiro atoms. The molecule has 0 aliphatic carbocycles. The third kappa shape index (κ3) is 3.91. The van der Waals surface area contributed by atoms with Crippen molar-refractivity contribution in [3.8, 4) is 22.3 Å². The average Bonchev–Trinajstić information content (AvgIpc) is 3.56. The van der Waals surface area contributed by atoms with E-state index in [1.807, 2.05) is 11.8 Å². The van der Waals surface area contributed by atoms with Gasteiger partial charge in [-0.25, -0.2) is 0 Å². The van der Waals surface area contributed by atoms with E-state index in [-0.39, 0.29) is 0 Å². The van der Waals surface area contributed by atoms with Crippen molar-refractivity contribution < 1.29 is 0 Å². The van der Waals surface area contributed by atoms with E-state index in [0.717, 1.165) is 28.4 Å². The van der Waals surface area contributed by atoms with Crippen LogP contribution in [-0.2, 0) is 0 Å². The molecule has 6 aromatic rings. The van der Waals surface area contributed by atoms with Gasteiger partial charge in [0.25, 0.3) is 5.12 Å². The Hall–Kier alpha value is -4.93. The molecule has 4 heteroatoms. The predicted octanol–water partition coefficient (Wildman–Crippen LogP) is 10.1. The van der Waals surface area contributed by atoms with E-state index in [1.54, 1.807) is 0 Å². The number of para-hydroxylation sites is 3. The van der Waals surface area contributed by atoms with E-state index in [2.05, 4.69) is 173 Å². The maximum absolute atomic E-state index is 3.99. The lowest BCUT2D eigenvalue weighted by atomic mass is 10.0. The molecule has 2 aliphatic heterocycles. The van der Waals surface area contributed by atoms with Gasteiger partial charge in [0.1, 0.15) is 0 Å². The minimum Gasteiger partial charge on any atom is -0.335 e. The number of nitrogens with one attached hydrogen (secondary N) is 1. The lowest BCUT2D eigenvalue weighted by molar-refractivity contribution is 0.723. The van der Waals surface area contributed by atoms with Gasteiger partial charge in [-0.1, -0.05) is 109 Å². The van der Waals surface area contributed by atoms with Crippen LogP contribution in [0.4, 0.5) is 28.4 Å². The molecule has 0 unspecified atom stereocenters. The fraction of sp³-hybridized carbons (Fsp3) is 0.0270. The molecule has 41 heavy (non-hydrogen) atoms. The summed E-state index contributed by atoms with van der Waals surface area (Å²) < 4.78 is 0. The normalized spacial score (nSPS) is 14.5. The molecule has 0 saturated carbocycles. The first-order chi connectivity index (χ1) is 20.3. The molecule has 6 aromatic carbocycles. The van der Waals surface area contributed by atoms with E-state index in [9.17, 15) is 0 Å². The Balaban J connectivity index is 1.34. The molecular formula is C37H27N3S. The first-order valence-electron chi connectivity index (χ1n) is 13.9. The Morgan fingerprint density at radius 1 is 0.439 bits per heavy atom. The molecule has 0 fully saturated rings.